The van der Waals surface area contributed by atoms with Gasteiger partial charge in [0.25, 0.3) is 0 Å². The van der Waals surface area contributed by atoms with Crippen molar-refractivity contribution in [3.63, 3.8) is 0 Å². The smallest absolute Gasteiger partial charge is 0.152 e. The van der Waals surface area contributed by atoms with Crippen LogP contribution in [0.3, 0.4) is 0 Å². The predicted octanol–water partition coefficient (Wildman–Crippen LogP) is 1.34. The summed E-state index contributed by atoms with van der Waals surface area (Å²) in [6, 6.07) is 8.06. The van der Waals surface area contributed by atoms with Gasteiger partial charge in [-0.1, -0.05) is 24.3 Å². The monoisotopic (exact) mass is 281 g/mol. The van der Waals surface area contributed by atoms with E-state index in [1.165, 1.54) is 0 Å². The second-order valence-electron chi connectivity index (χ2n) is 5.17. The van der Waals surface area contributed by atoms with Crippen molar-refractivity contribution < 1.29 is 5.11 Å². The minimum Gasteiger partial charge on any atom is -0.392 e. The maximum Gasteiger partial charge on any atom is 0.152 e. The number of nitrogens with zero attached hydrogens (tertiary/aromatic N) is 5. The normalized spacial score (nSPS) is 14.4. The summed E-state index contributed by atoms with van der Waals surface area (Å²) in [7, 11) is 0. The highest BCUT2D eigenvalue weighted by atomic mass is 16.3. The van der Waals surface area contributed by atoms with Gasteiger partial charge in [0.1, 0.15) is 12.1 Å². The fourth-order valence-electron chi connectivity index (χ4n) is 2.86. The van der Waals surface area contributed by atoms with Crippen LogP contribution in [0.5, 0.6) is 0 Å². The molecule has 0 atom stereocenters. The molecule has 0 saturated heterocycles. The predicted molar refractivity (Wildman–Crippen MR) is 78.7 cm³/mol. The summed E-state index contributed by atoms with van der Waals surface area (Å²) in [4.78, 5) is 6.78. The molecule has 3 heterocycles. The third kappa shape index (κ3) is 1.95. The van der Waals surface area contributed by atoms with E-state index in [0.29, 0.717) is 6.54 Å². The first-order valence-electron chi connectivity index (χ1n) is 6.96. The van der Waals surface area contributed by atoms with E-state index in [2.05, 4.69) is 30.7 Å². The number of fused-ring (bicyclic) bond motifs is 2. The first-order chi connectivity index (χ1) is 10.4. The highest BCUT2D eigenvalue weighted by molar-refractivity contribution is 5.94. The highest BCUT2D eigenvalue weighted by Crippen LogP contribution is 2.29. The number of pyridine rings is 1. The van der Waals surface area contributed by atoms with Crippen molar-refractivity contribution in [2.24, 2.45) is 0 Å². The zero-order valence-electron chi connectivity index (χ0n) is 11.5. The molecule has 1 aromatic carbocycles. The Labute approximate surface area is 121 Å². The second-order valence-corrected chi connectivity index (χ2v) is 5.17. The number of aromatic nitrogens is 4. The number of aliphatic hydroxyl groups is 1. The number of hydrogen-bond acceptors (Lipinski definition) is 5. The van der Waals surface area contributed by atoms with E-state index in [0.717, 1.165) is 41.1 Å². The lowest BCUT2D eigenvalue weighted by Gasteiger charge is -2.29. The molecule has 3 aromatic rings. The fraction of sp³-hybridized carbons (Fsp3) is 0.267. The Morgan fingerprint density at radius 1 is 1.14 bits per heavy atom. The zero-order chi connectivity index (χ0) is 14.2. The van der Waals surface area contributed by atoms with Crippen LogP contribution < -0.4 is 4.90 Å². The average Bonchev–Trinajstić information content (AvgIpc) is 3.01. The van der Waals surface area contributed by atoms with E-state index in [4.69, 9.17) is 0 Å². The van der Waals surface area contributed by atoms with Crippen molar-refractivity contribution in [1.29, 1.82) is 0 Å². The fourth-order valence-corrected chi connectivity index (χ4v) is 2.86. The molecular formula is C15H15N5O. The molecule has 0 saturated carbocycles. The summed E-state index contributed by atoms with van der Waals surface area (Å²) in [5, 5.41) is 19.7. The Morgan fingerprint density at radius 2 is 2.00 bits per heavy atom. The number of anilines is 1. The maximum absolute atomic E-state index is 9.46. The van der Waals surface area contributed by atoms with Crippen LogP contribution in [0.4, 0.5) is 5.82 Å². The van der Waals surface area contributed by atoms with Crippen LogP contribution in [0.25, 0.3) is 10.8 Å². The SMILES string of the molecule is OCc1cnc(N2CCn3cnnc3C2)c2ccccc12. The molecule has 6 heteroatoms. The van der Waals surface area contributed by atoms with Crippen LogP contribution in [0, 0.1) is 0 Å². The molecule has 0 unspecified atom stereocenters. The lowest BCUT2D eigenvalue weighted by atomic mass is 10.1. The first-order valence-corrected chi connectivity index (χ1v) is 6.96. The Bertz CT molecular complexity index is 798. The van der Waals surface area contributed by atoms with E-state index < -0.39 is 0 Å². The van der Waals surface area contributed by atoms with Gasteiger partial charge in [0.05, 0.1) is 13.2 Å². The highest BCUT2D eigenvalue weighted by Gasteiger charge is 2.20. The summed E-state index contributed by atoms with van der Waals surface area (Å²) in [6.45, 7) is 2.44. The van der Waals surface area contributed by atoms with Gasteiger partial charge in [-0.2, -0.15) is 0 Å². The number of aliphatic hydroxyl groups excluding tert-OH is 1. The third-order valence-electron chi connectivity index (χ3n) is 3.97. The van der Waals surface area contributed by atoms with E-state index in [9.17, 15) is 5.11 Å². The van der Waals surface area contributed by atoms with Crippen LogP contribution in [0.1, 0.15) is 11.4 Å². The molecule has 106 valence electrons. The van der Waals surface area contributed by atoms with Gasteiger partial charge in [0.2, 0.25) is 0 Å². The van der Waals surface area contributed by atoms with Crippen molar-refractivity contribution in [2.75, 3.05) is 11.4 Å². The van der Waals surface area contributed by atoms with Gasteiger partial charge in [0, 0.05) is 30.2 Å². The maximum atomic E-state index is 9.46. The van der Waals surface area contributed by atoms with Crippen LogP contribution in [-0.2, 0) is 19.7 Å². The number of hydrogen-bond donors (Lipinski definition) is 1. The Morgan fingerprint density at radius 3 is 2.86 bits per heavy atom. The lowest BCUT2D eigenvalue weighted by Crippen LogP contribution is -2.34. The van der Waals surface area contributed by atoms with Crippen LogP contribution in [0.15, 0.2) is 36.8 Å². The van der Waals surface area contributed by atoms with E-state index in [-0.39, 0.29) is 6.61 Å². The van der Waals surface area contributed by atoms with Gasteiger partial charge in [-0.05, 0) is 5.39 Å². The molecule has 0 bridgehead atoms. The summed E-state index contributed by atoms with van der Waals surface area (Å²) < 4.78 is 2.07. The standard InChI is InChI=1S/C15H15N5O/c21-9-11-7-16-15(13-4-2-1-3-12(11)13)19-5-6-20-10-17-18-14(20)8-19/h1-4,7,10,21H,5-6,8-9H2. The lowest BCUT2D eigenvalue weighted by molar-refractivity contribution is 0.283. The first kappa shape index (κ1) is 12.3. The number of benzene rings is 1. The van der Waals surface area contributed by atoms with Crippen molar-refractivity contribution in [3.8, 4) is 0 Å². The molecule has 1 aliphatic rings. The molecule has 0 fully saturated rings. The van der Waals surface area contributed by atoms with Crippen molar-refractivity contribution >= 4 is 16.6 Å². The Hall–Kier alpha value is -2.47. The number of rotatable bonds is 2. The van der Waals surface area contributed by atoms with Gasteiger partial charge in [-0.15, -0.1) is 10.2 Å². The van der Waals surface area contributed by atoms with Crippen LogP contribution >= 0.6 is 0 Å². The van der Waals surface area contributed by atoms with Crippen molar-refractivity contribution in [2.45, 2.75) is 19.7 Å². The quantitative estimate of drug-likeness (QED) is 0.767. The van der Waals surface area contributed by atoms with E-state index >= 15 is 0 Å². The summed E-state index contributed by atoms with van der Waals surface area (Å²) in [6.07, 6.45) is 3.53. The van der Waals surface area contributed by atoms with E-state index in [1.54, 1.807) is 12.5 Å². The largest absolute Gasteiger partial charge is 0.392 e. The third-order valence-corrected chi connectivity index (χ3v) is 3.97. The topological polar surface area (TPSA) is 67.1 Å². The van der Waals surface area contributed by atoms with Crippen molar-refractivity contribution in [3.05, 3.63) is 48.2 Å². The molecule has 0 spiro atoms. The molecule has 1 N–H and O–H groups in total. The molecular weight excluding hydrogens is 266 g/mol. The van der Waals surface area contributed by atoms with Crippen LogP contribution in [0.2, 0.25) is 0 Å². The van der Waals surface area contributed by atoms with Gasteiger partial charge in [0.15, 0.2) is 5.82 Å². The zero-order valence-corrected chi connectivity index (χ0v) is 11.5. The van der Waals surface area contributed by atoms with Crippen molar-refractivity contribution in [1.82, 2.24) is 19.7 Å². The minimum atomic E-state index is 0.00210. The van der Waals surface area contributed by atoms with Gasteiger partial charge in [-0.25, -0.2) is 4.98 Å². The molecule has 0 radical (unpaired) electrons. The van der Waals surface area contributed by atoms with Crippen LogP contribution in [-0.4, -0.2) is 31.4 Å². The molecule has 2 aromatic heterocycles. The molecule has 6 nitrogen and oxygen atoms in total. The summed E-state index contributed by atoms with van der Waals surface area (Å²) in [5.41, 5.74) is 0.856. The second kappa shape index (κ2) is 4.82. The Kier molecular flexibility index (Phi) is 2.82. The average molecular weight is 281 g/mol. The van der Waals surface area contributed by atoms with E-state index in [1.807, 2.05) is 18.2 Å². The van der Waals surface area contributed by atoms with Gasteiger partial charge in [-0.3, -0.25) is 0 Å². The molecule has 1 aliphatic heterocycles. The molecule has 0 amide bonds. The Balaban J connectivity index is 1.81. The summed E-state index contributed by atoms with van der Waals surface area (Å²) >= 11 is 0. The minimum absolute atomic E-state index is 0.00210. The van der Waals surface area contributed by atoms with Gasteiger partial charge < -0.3 is 14.6 Å². The molecule has 0 aliphatic carbocycles. The van der Waals surface area contributed by atoms with Gasteiger partial charge >= 0.3 is 0 Å². The molecule has 21 heavy (non-hydrogen) atoms. The summed E-state index contributed by atoms with van der Waals surface area (Å²) in [5.74, 6) is 1.90. The molecule has 4 rings (SSSR count).